The molecule has 4 heterocycles. The lowest BCUT2D eigenvalue weighted by atomic mass is 9.92. The summed E-state index contributed by atoms with van der Waals surface area (Å²) in [5.74, 6) is 0.927. The molecule has 5 aromatic rings. The molecular weight excluding hydrogens is 723 g/mol. The third-order valence-electron chi connectivity index (χ3n) is 9.56. The molecule has 6 rings (SSSR count). The predicted octanol–water partition coefficient (Wildman–Crippen LogP) is 5.45. The molecule has 0 amide bonds. The maximum atomic E-state index is 12.7. The van der Waals surface area contributed by atoms with Crippen molar-refractivity contribution < 1.29 is 33.7 Å². The zero-order valence-electron chi connectivity index (χ0n) is 29.3. The molecule has 53 heavy (non-hydrogen) atoms. The Bertz CT molecular complexity index is 2150. The van der Waals surface area contributed by atoms with Crippen LogP contribution in [0.4, 0.5) is 11.5 Å². The van der Waals surface area contributed by atoms with Crippen LogP contribution in [0.5, 0.6) is 5.75 Å². The van der Waals surface area contributed by atoms with Gasteiger partial charge in [-0.3, -0.25) is 4.52 Å². The first-order valence-corrected chi connectivity index (χ1v) is 19.6. The molecule has 0 radical (unpaired) electrons. The van der Waals surface area contributed by atoms with Gasteiger partial charge in [-0.05, 0) is 61.4 Å². The molecule has 1 unspecified atom stereocenters. The Balaban J connectivity index is 0.869. The minimum absolute atomic E-state index is 0.122. The van der Waals surface area contributed by atoms with Crippen molar-refractivity contribution in [1.82, 2.24) is 24.7 Å². The van der Waals surface area contributed by atoms with Crippen molar-refractivity contribution in [1.29, 1.82) is 5.26 Å². The van der Waals surface area contributed by atoms with E-state index >= 15 is 0 Å². The van der Waals surface area contributed by atoms with Crippen LogP contribution in [-0.2, 0) is 19.4 Å². The number of rotatable bonds is 18. The van der Waals surface area contributed by atoms with E-state index < -0.39 is 38.3 Å². The number of aliphatic hydroxyl groups excluding tert-OH is 2. The quantitative estimate of drug-likeness (QED) is 0.0371. The topological polar surface area (TPSA) is 222 Å². The van der Waals surface area contributed by atoms with Gasteiger partial charge >= 0.3 is 7.75 Å². The number of unbranched alkanes of at least 4 members (excludes halogenated alkanes) is 7. The SMILES string of the molecule is COc1ccc2nc3cc(Cl)ccc3c(NCCCCCCCCCCNP(=O)(O)OC[C@H]3O[C@@](C#N)(c4ccc5c(N)ncnn45)[C@H](O)[C@@H]3O)c2c1. The number of nitrogens with two attached hydrogens (primary N) is 1. The van der Waals surface area contributed by atoms with Crippen molar-refractivity contribution in [2.45, 2.75) is 75.3 Å². The third-order valence-corrected chi connectivity index (χ3v) is 10.9. The third kappa shape index (κ3) is 8.51. The Labute approximate surface area is 311 Å². The molecule has 3 aromatic heterocycles. The van der Waals surface area contributed by atoms with Crippen LogP contribution in [0.3, 0.4) is 0 Å². The molecule has 7 N–H and O–H groups in total. The highest BCUT2D eigenvalue weighted by atomic mass is 35.5. The maximum absolute atomic E-state index is 12.7. The van der Waals surface area contributed by atoms with Crippen molar-refractivity contribution in [3.8, 4) is 11.8 Å². The highest BCUT2D eigenvalue weighted by Gasteiger charge is 2.57. The molecule has 1 aliphatic heterocycles. The Morgan fingerprint density at radius 1 is 1.02 bits per heavy atom. The number of aliphatic hydroxyl groups is 2. The first-order chi connectivity index (χ1) is 25.6. The largest absolute Gasteiger partial charge is 0.497 e. The van der Waals surface area contributed by atoms with Crippen molar-refractivity contribution in [2.24, 2.45) is 0 Å². The summed E-state index contributed by atoms with van der Waals surface area (Å²) in [6.45, 7) is 0.535. The van der Waals surface area contributed by atoms with Crippen LogP contribution in [0.15, 0.2) is 54.9 Å². The van der Waals surface area contributed by atoms with Crippen LogP contribution >= 0.6 is 19.3 Å². The molecule has 0 aliphatic carbocycles. The standard InChI is InChI=1S/C36H44ClN8O7P/c1-50-24-11-13-27-26(19-24)32(25-12-10-23(37)18-28(25)44-27)40-16-8-6-4-2-3-5-7-9-17-43-53(48,49)51-20-30-33(46)34(47)36(21-38,52-30)31-15-14-29-35(39)41-22-42-45(29)31/h10-15,18-19,22,30,33-34,46-47H,2-9,16-17,20H2,1H3,(H,40,44)(H2,39,41,42)(H2,43,48,49)/t30-,33-,34-,36+/m1/s1. The number of nitrogen functional groups attached to an aromatic ring is 1. The molecule has 17 heteroatoms. The monoisotopic (exact) mass is 766 g/mol. The number of anilines is 2. The van der Waals surface area contributed by atoms with Crippen LogP contribution in [-0.4, -0.2) is 79.8 Å². The fourth-order valence-corrected chi connectivity index (χ4v) is 7.78. The van der Waals surface area contributed by atoms with Crippen LogP contribution in [0.25, 0.3) is 27.3 Å². The number of pyridine rings is 1. The first kappa shape index (κ1) is 38.6. The van der Waals surface area contributed by atoms with Crippen LogP contribution in [0.2, 0.25) is 5.02 Å². The lowest BCUT2D eigenvalue weighted by molar-refractivity contribution is -0.0622. The van der Waals surface area contributed by atoms with Crippen molar-refractivity contribution in [3.63, 3.8) is 0 Å². The second kappa shape index (κ2) is 16.9. The zero-order chi connectivity index (χ0) is 37.6. The van der Waals surface area contributed by atoms with Gasteiger partial charge in [-0.1, -0.05) is 50.1 Å². The summed E-state index contributed by atoms with van der Waals surface area (Å²) < 4.78 is 30.4. The minimum atomic E-state index is -4.25. The van der Waals surface area contributed by atoms with Crippen molar-refractivity contribution >= 4 is 58.2 Å². The smallest absolute Gasteiger partial charge is 0.403 e. The average molecular weight is 767 g/mol. The van der Waals surface area contributed by atoms with E-state index in [2.05, 4.69) is 20.5 Å². The first-order valence-electron chi connectivity index (χ1n) is 17.6. The van der Waals surface area contributed by atoms with E-state index in [9.17, 15) is 24.9 Å². The van der Waals surface area contributed by atoms with Crippen LogP contribution in [0, 0.1) is 11.3 Å². The second-order valence-electron chi connectivity index (χ2n) is 13.1. The van der Waals surface area contributed by atoms with E-state index in [4.69, 9.17) is 36.3 Å². The molecule has 1 aliphatic rings. The van der Waals surface area contributed by atoms with Gasteiger partial charge in [0.25, 0.3) is 0 Å². The summed E-state index contributed by atoms with van der Waals surface area (Å²) in [4.78, 5) is 19.0. The summed E-state index contributed by atoms with van der Waals surface area (Å²) in [6, 6.07) is 16.6. The normalized spacial score (nSPS) is 21.2. The van der Waals surface area contributed by atoms with Gasteiger partial charge in [-0.25, -0.2) is 24.1 Å². The lowest BCUT2D eigenvalue weighted by Gasteiger charge is -2.24. The van der Waals surface area contributed by atoms with Crippen LogP contribution in [0.1, 0.15) is 57.1 Å². The molecule has 0 spiro atoms. The molecule has 1 saturated heterocycles. The number of nitriles is 1. The predicted molar refractivity (Wildman–Crippen MR) is 202 cm³/mol. The molecule has 1 fully saturated rings. The number of fused-ring (bicyclic) bond motifs is 3. The number of ether oxygens (including phenoxy) is 2. The minimum Gasteiger partial charge on any atom is -0.497 e. The number of hydrogen-bond acceptors (Lipinski definition) is 12. The fourth-order valence-electron chi connectivity index (χ4n) is 6.73. The molecule has 15 nitrogen and oxygen atoms in total. The van der Waals surface area contributed by atoms with Crippen molar-refractivity contribution in [3.05, 3.63) is 65.6 Å². The number of aromatic nitrogens is 4. The average Bonchev–Trinajstić information content (AvgIpc) is 3.70. The van der Waals surface area contributed by atoms with Gasteiger partial charge in [-0.2, -0.15) is 10.4 Å². The van der Waals surface area contributed by atoms with Gasteiger partial charge in [0.15, 0.2) is 5.82 Å². The van der Waals surface area contributed by atoms with Gasteiger partial charge in [-0.15, -0.1) is 0 Å². The van der Waals surface area contributed by atoms with Crippen LogP contribution < -0.4 is 20.9 Å². The Kier molecular flexibility index (Phi) is 12.3. The molecule has 0 bridgehead atoms. The number of halogens is 1. The summed E-state index contributed by atoms with van der Waals surface area (Å²) in [5.41, 5.74) is 7.11. The summed E-state index contributed by atoms with van der Waals surface area (Å²) >= 11 is 6.25. The molecule has 5 atom stereocenters. The number of nitrogens with zero attached hydrogens (tertiary/aromatic N) is 5. The second-order valence-corrected chi connectivity index (χ2v) is 15.2. The van der Waals surface area contributed by atoms with Gasteiger partial charge in [0, 0.05) is 28.9 Å². The maximum Gasteiger partial charge on any atom is 0.403 e. The van der Waals surface area contributed by atoms with Gasteiger partial charge in [0.1, 0.15) is 42.0 Å². The number of nitrogens with one attached hydrogen (secondary N) is 2. The Morgan fingerprint density at radius 2 is 1.75 bits per heavy atom. The fraction of sp³-hybridized carbons (Fsp3) is 0.444. The van der Waals surface area contributed by atoms with Gasteiger partial charge in [0.05, 0.1) is 36.1 Å². The van der Waals surface area contributed by atoms with Crippen molar-refractivity contribution in [2.75, 3.05) is 37.9 Å². The lowest BCUT2D eigenvalue weighted by Crippen LogP contribution is -2.41. The van der Waals surface area contributed by atoms with E-state index in [1.54, 1.807) is 13.2 Å². The molecule has 282 valence electrons. The summed E-state index contributed by atoms with van der Waals surface area (Å²) in [6.07, 6.45) is 4.58. The van der Waals surface area contributed by atoms with Gasteiger partial charge in [0.2, 0.25) is 5.60 Å². The number of hydrogen-bond donors (Lipinski definition) is 6. The van der Waals surface area contributed by atoms with E-state index in [0.29, 0.717) is 17.0 Å². The number of benzene rings is 2. The highest BCUT2D eigenvalue weighted by Crippen LogP contribution is 2.43. The molecule has 2 aromatic carbocycles. The van der Waals surface area contributed by atoms with E-state index in [0.717, 1.165) is 84.7 Å². The molecular formula is C36H44ClN8O7P. The Morgan fingerprint density at radius 3 is 2.49 bits per heavy atom. The van der Waals surface area contributed by atoms with E-state index in [1.165, 1.54) is 16.9 Å². The number of methoxy groups -OCH3 is 1. The molecule has 0 saturated carbocycles. The highest BCUT2D eigenvalue weighted by molar-refractivity contribution is 7.50. The van der Waals surface area contributed by atoms with E-state index in [1.807, 2.05) is 42.5 Å². The Hall–Kier alpha value is -4.10. The summed E-state index contributed by atoms with van der Waals surface area (Å²) in [5, 5.41) is 44.5. The zero-order valence-corrected chi connectivity index (χ0v) is 31.0. The van der Waals surface area contributed by atoms with E-state index in [-0.39, 0.29) is 18.1 Å². The summed E-state index contributed by atoms with van der Waals surface area (Å²) in [7, 11) is -2.60. The van der Waals surface area contributed by atoms with Gasteiger partial charge < -0.3 is 35.6 Å².